The van der Waals surface area contributed by atoms with Gasteiger partial charge in [0.1, 0.15) is 27.9 Å². The van der Waals surface area contributed by atoms with Crippen molar-refractivity contribution in [3.63, 3.8) is 0 Å². The van der Waals surface area contributed by atoms with Crippen molar-refractivity contribution in [1.82, 2.24) is 0 Å². The summed E-state index contributed by atoms with van der Waals surface area (Å²) in [6, 6.07) is 8.10. The van der Waals surface area contributed by atoms with Gasteiger partial charge < -0.3 is 18.9 Å². The van der Waals surface area contributed by atoms with Crippen molar-refractivity contribution in [2.45, 2.75) is 62.6 Å². The van der Waals surface area contributed by atoms with E-state index in [-0.39, 0.29) is 30.8 Å². The van der Waals surface area contributed by atoms with Gasteiger partial charge in [-0.25, -0.2) is 4.79 Å². The largest absolute Gasteiger partial charge is 0.456 e. The molecule has 0 aromatic heterocycles. The van der Waals surface area contributed by atoms with Crippen LogP contribution in [0.5, 0.6) is 0 Å². The fourth-order valence-electron chi connectivity index (χ4n) is 3.30. The van der Waals surface area contributed by atoms with Crippen LogP contribution < -0.4 is 0 Å². The highest BCUT2D eigenvalue weighted by Crippen LogP contribution is 2.27. The third kappa shape index (κ3) is 4.66. The van der Waals surface area contributed by atoms with E-state index in [0.717, 1.165) is 6.42 Å². The summed E-state index contributed by atoms with van der Waals surface area (Å²) in [5.41, 5.74) is 0.504. The predicted octanol–water partition coefficient (Wildman–Crippen LogP) is 1.57. The minimum absolute atomic E-state index is 0.0182. The lowest BCUT2D eigenvalue weighted by atomic mass is 9.95. The number of hydrogen-bond acceptors (Lipinski definition) is 5. The van der Waals surface area contributed by atoms with Gasteiger partial charge in [-0.2, -0.15) is 0 Å². The van der Waals surface area contributed by atoms with E-state index in [1.165, 1.54) is 0 Å². The second kappa shape index (κ2) is 8.39. The predicted molar refractivity (Wildman–Crippen MR) is 93.7 cm³/mol. The van der Waals surface area contributed by atoms with Crippen LogP contribution >= 0.6 is 0 Å². The van der Waals surface area contributed by atoms with E-state index in [0.29, 0.717) is 18.4 Å². The van der Waals surface area contributed by atoms with E-state index in [1.807, 2.05) is 13.0 Å². The van der Waals surface area contributed by atoms with E-state index in [2.05, 4.69) is 0 Å². The molecule has 7 heteroatoms. The quantitative estimate of drug-likeness (QED) is 0.581. The highest BCUT2D eigenvalue weighted by atomic mass is 16.6. The number of carbonyl (C=O) groups excluding carboxylic acids is 1. The number of rotatable bonds is 6. The van der Waals surface area contributed by atoms with E-state index >= 15 is 0 Å². The zero-order valence-electron chi connectivity index (χ0n) is 14.4. The maximum atomic E-state index is 12.3. The van der Waals surface area contributed by atoms with Crippen molar-refractivity contribution in [1.29, 1.82) is 0 Å². The minimum atomic E-state index is -0.466. The summed E-state index contributed by atoms with van der Waals surface area (Å²) in [6.45, 7) is 2.32. The van der Waals surface area contributed by atoms with E-state index in [4.69, 9.17) is 34.6 Å². The summed E-state index contributed by atoms with van der Waals surface area (Å²) in [4.78, 5) is 12.3. The van der Waals surface area contributed by atoms with Crippen LogP contribution in [0.2, 0.25) is 0 Å². The first-order valence-corrected chi connectivity index (χ1v) is 8.76. The van der Waals surface area contributed by atoms with Crippen LogP contribution in [0.3, 0.4) is 0 Å². The second-order valence-electron chi connectivity index (χ2n) is 6.49. The van der Waals surface area contributed by atoms with Crippen LogP contribution in [0.15, 0.2) is 30.3 Å². The zero-order chi connectivity index (χ0) is 17.8. The van der Waals surface area contributed by atoms with Gasteiger partial charge in [-0.15, -0.1) is 0 Å². The van der Waals surface area contributed by atoms with Gasteiger partial charge in [-0.05, 0) is 25.0 Å². The molecule has 2 aliphatic rings. The molecular formula is C18H22B2O5. The molecule has 0 amide bonds. The molecule has 3 rings (SSSR count). The number of hydrogen-bond donors (Lipinski definition) is 0. The van der Waals surface area contributed by atoms with Gasteiger partial charge in [0.15, 0.2) is 0 Å². The fraction of sp³-hybridized carbons (Fsp3) is 0.611. The molecule has 25 heavy (non-hydrogen) atoms. The average molecular weight is 340 g/mol. The maximum Gasteiger partial charge on any atom is 0.338 e. The molecule has 4 radical (unpaired) electrons. The topological polar surface area (TPSA) is 54.0 Å². The Morgan fingerprint density at radius 2 is 1.72 bits per heavy atom. The van der Waals surface area contributed by atoms with Crippen LogP contribution in [0.25, 0.3) is 0 Å². The molecule has 1 aromatic rings. The smallest absolute Gasteiger partial charge is 0.338 e. The maximum absolute atomic E-state index is 12.3. The number of ether oxygens (including phenoxy) is 4. The summed E-state index contributed by atoms with van der Waals surface area (Å²) in [7, 11) is 11.7. The van der Waals surface area contributed by atoms with Crippen LogP contribution in [-0.2, 0) is 18.9 Å². The van der Waals surface area contributed by atoms with Crippen molar-refractivity contribution in [3.05, 3.63) is 35.9 Å². The standard InChI is InChI=1S/C18H22B2O5/c1-2-12-13(8-16(19)23-12)22-10-15-14(9-17(20)24-15)25-18(21)11-6-4-3-5-7-11/h3-7,12-17H,2,8-10H2,1H3/t12-,13?,14?,15-,16-,17-/m1/s1. The van der Waals surface area contributed by atoms with Gasteiger partial charge in [-0.3, -0.25) is 0 Å². The van der Waals surface area contributed by atoms with Crippen molar-refractivity contribution in [2.75, 3.05) is 6.61 Å². The first-order chi connectivity index (χ1) is 12.1. The number of carbonyl (C=O) groups is 1. The Balaban J connectivity index is 1.55. The molecule has 130 valence electrons. The molecule has 0 saturated carbocycles. The summed E-state index contributed by atoms with van der Waals surface area (Å²) >= 11 is 0. The molecule has 1 aromatic carbocycles. The first kappa shape index (κ1) is 18.5. The SMILES string of the molecule is [B][C@H]1CC(OC[C@H]2O[C@@H]([B])CC2OC(=O)c2ccccc2)[C@@H](CC)O1. The van der Waals surface area contributed by atoms with Crippen molar-refractivity contribution >= 4 is 21.7 Å². The Morgan fingerprint density at radius 3 is 2.40 bits per heavy atom. The van der Waals surface area contributed by atoms with E-state index in [1.54, 1.807) is 24.3 Å². The number of esters is 1. The van der Waals surface area contributed by atoms with Crippen molar-refractivity contribution in [3.8, 4) is 0 Å². The Hall–Kier alpha value is -1.30. The van der Waals surface area contributed by atoms with E-state index in [9.17, 15) is 4.79 Å². The van der Waals surface area contributed by atoms with Gasteiger partial charge >= 0.3 is 5.97 Å². The molecular weight excluding hydrogens is 318 g/mol. The van der Waals surface area contributed by atoms with Crippen LogP contribution in [0, 0.1) is 0 Å². The lowest BCUT2D eigenvalue weighted by molar-refractivity contribution is -0.0774. The van der Waals surface area contributed by atoms with Gasteiger partial charge in [0.25, 0.3) is 0 Å². The molecule has 6 atom stereocenters. The van der Waals surface area contributed by atoms with Gasteiger partial charge in [0.2, 0.25) is 0 Å². The lowest BCUT2D eigenvalue weighted by Crippen LogP contribution is -2.34. The fourth-order valence-corrected chi connectivity index (χ4v) is 3.30. The summed E-state index contributed by atoms with van der Waals surface area (Å²) in [6.07, 6.45) is 1.00. The highest BCUT2D eigenvalue weighted by Gasteiger charge is 2.38. The molecule has 5 nitrogen and oxygen atoms in total. The summed E-state index contributed by atoms with van der Waals surface area (Å²) in [5.74, 6) is -0.383. The molecule has 2 unspecified atom stereocenters. The van der Waals surface area contributed by atoms with Gasteiger partial charge in [0, 0.05) is 18.4 Å². The molecule has 0 bridgehead atoms. The van der Waals surface area contributed by atoms with Crippen molar-refractivity contribution < 1.29 is 23.7 Å². The number of benzene rings is 1. The monoisotopic (exact) mass is 340 g/mol. The Morgan fingerprint density at radius 1 is 1.08 bits per heavy atom. The Bertz CT molecular complexity index is 570. The second-order valence-corrected chi connectivity index (χ2v) is 6.49. The third-order valence-corrected chi connectivity index (χ3v) is 4.60. The molecule has 2 aliphatic heterocycles. The van der Waals surface area contributed by atoms with Gasteiger partial charge in [0.05, 0.1) is 24.4 Å². The van der Waals surface area contributed by atoms with Crippen LogP contribution in [0.1, 0.15) is 36.5 Å². The molecule has 2 heterocycles. The van der Waals surface area contributed by atoms with Crippen LogP contribution in [0.4, 0.5) is 0 Å². The van der Waals surface area contributed by atoms with E-state index < -0.39 is 18.2 Å². The zero-order valence-corrected chi connectivity index (χ0v) is 14.4. The minimum Gasteiger partial charge on any atom is -0.456 e. The van der Waals surface area contributed by atoms with Gasteiger partial charge in [-0.1, -0.05) is 25.1 Å². The molecule has 0 aliphatic carbocycles. The molecule has 2 saturated heterocycles. The average Bonchev–Trinajstić information content (AvgIpc) is 3.15. The third-order valence-electron chi connectivity index (χ3n) is 4.60. The highest BCUT2D eigenvalue weighted by molar-refractivity contribution is 6.11. The first-order valence-electron chi connectivity index (χ1n) is 8.76. The lowest BCUT2D eigenvalue weighted by Gasteiger charge is -2.23. The normalized spacial score (nSPS) is 34.9. The summed E-state index contributed by atoms with van der Waals surface area (Å²) in [5, 5.41) is 0. The van der Waals surface area contributed by atoms with Crippen LogP contribution in [-0.4, -0.2) is 64.7 Å². The Kier molecular flexibility index (Phi) is 6.20. The summed E-state index contributed by atoms with van der Waals surface area (Å²) < 4.78 is 22.8. The molecule has 0 N–H and O–H groups in total. The molecule has 2 fully saturated rings. The molecule has 0 spiro atoms. The Labute approximate surface area is 151 Å². The van der Waals surface area contributed by atoms with Crippen molar-refractivity contribution in [2.24, 2.45) is 0 Å².